The molecule has 0 radical (unpaired) electrons. The summed E-state index contributed by atoms with van der Waals surface area (Å²) in [6.45, 7) is 8.55. The average Bonchev–Trinajstić information content (AvgIpc) is 2.17. The van der Waals surface area contributed by atoms with Crippen LogP contribution in [0.4, 0.5) is 0 Å². The highest BCUT2D eigenvalue weighted by molar-refractivity contribution is 5.80. The molecule has 1 heterocycles. The first-order valence-electron chi connectivity index (χ1n) is 5.42. The quantitative estimate of drug-likeness (QED) is 0.667. The molecule has 1 saturated heterocycles. The van der Waals surface area contributed by atoms with Crippen molar-refractivity contribution in [1.29, 1.82) is 0 Å². The number of Topliss-reactive ketones (excluding diaryl/α,β-unsaturated/α-hetero) is 1. The SMILES string of the molecule is CCC(=O)[C@H]1CCCN(C(C)C)C1. The van der Waals surface area contributed by atoms with Crippen molar-refractivity contribution >= 4 is 5.78 Å². The van der Waals surface area contributed by atoms with Gasteiger partial charge in [0.15, 0.2) is 0 Å². The van der Waals surface area contributed by atoms with Crippen molar-refractivity contribution in [1.82, 2.24) is 4.90 Å². The maximum absolute atomic E-state index is 11.5. The lowest BCUT2D eigenvalue weighted by atomic mass is 9.92. The van der Waals surface area contributed by atoms with Crippen LogP contribution in [0.1, 0.15) is 40.0 Å². The Hall–Kier alpha value is -0.370. The molecule has 0 amide bonds. The minimum Gasteiger partial charge on any atom is -0.300 e. The van der Waals surface area contributed by atoms with Gasteiger partial charge in [-0.15, -0.1) is 0 Å². The average molecular weight is 183 g/mol. The van der Waals surface area contributed by atoms with Gasteiger partial charge in [-0.1, -0.05) is 6.92 Å². The normalized spacial score (nSPS) is 25.1. The highest BCUT2D eigenvalue weighted by Gasteiger charge is 2.25. The van der Waals surface area contributed by atoms with Crippen LogP contribution in [0.5, 0.6) is 0 Å². The van der Waals surface area contributed by atoms with Crippen LogP contribution in [0.3, 0.4) is 0 Å². The fraction of sp³-hybridized carbons (Fsp3) is 0.909. The number of hydrogen-bond acceptors (Lipinski definition) is 2. The third-order valence-electron chi connectivity index (χ3n) is 2.99. The topological polar surface area (TPSA) is 20.3 Å². The van der Waals surface area contributed by atoms with Crippen molar-refractivity contribution in [3.8, 4) is 0 Å². The van der Waals surface area contributed by atoms with Gasteiger partial charge >= 0.3 is 0 Å². The summed E-state index contributed by atoms with van der Waals surface area (Å²) in [6, 6.07) is 0.590. The van der Waals surface area contributed by atoms with Gasteiger partial charge in [-0.3, -0.25) is 4.79 Å². The van der Waals surface area contributed by atoms with Gasteiger partial charge in [-0.2, -0.15) is 0 Å². The van der Waals surface area contributed by atoms with Gasteiger partial charge in [-0.05, 0) is 33.2 Å². The molecule has 0 aromatic carbocycles. The van der Waals surface area contributed by atoms with Crippen molar-refractivity contribution < 1.29 is 4.79 Å². The van der Waals surface area contributed by atoms with E-state index in [-0.39, 0.29) is 0 Å². The van der Waals surface area contributed by atoms with Crippen LogP contribution in [0.15, 0.2) is 0 Å². The standard InChI is InChI=1S/C11H21NO/c1-4-11(13)10-6-5-7-12(8-10)9(2)3/h9-10H,4-8H2,1-3H3/t10-/m0/s1. The van der Waals surface area contributed by atoms with E-state index in [9.17, 15) is 4.79 Å². The van der Waals surface area contributed by atoms with Gasteiger partial charge in [0.05, 0.1) is 0 Å². The zero-order valence-electron chi connectivity index (χ0n) is 9.05. The van der Waals surface area contributed by atoms with Crippen LogP contribution in [-0.2, 0) is 4.79 Å². The largest absolute Gasteiger partial charge is 0.300 e. The molecule has 2 nitrogen and oxygen atoms in total. The van der Waals surface area contributed by atoms with E-state index < -0.39 is 0 Å². The summed E-state index contributed by atoms with van der Waals surface area (Å²) in [4.78, 5) is 13.9. The van der Waals surface area contributed by atoms with Gasteiger partial charge in [-0.25, -0.2) is 0 Å². The first-order chi connectivity index (χ1) is 6.15. The maximum atomic E-state index is 11.5. The number of hydrogen-bond donors (Lipinski definition) is 0. The number of likely N-dealkylation sites (tertiary alicyclic amines) is 1. The zero-order valence-corrected chi connectivity index (χ0v) is 9.05. The number of ketones is 1. The Morgan fingerprint density at radius 1 is 1.54 bits per heavy atom. The van der Waals surface area contributed by atoms with Crippen LogP contribution in [-0.4, -0.2) is 29.8 Å². The predicted octanol–water partition coefficient (Wildman–Crippen LogP) is 2.09. The fourth-order valence-corrected chi connectivity index (χ4v) is 2.03. The summed E-state index contributed by atoms with van der Waals surface area (Å²) in [7, 11) is 0. The fourth-order valence-electron chi connectivity index (χ4n) is 2.03. The molecule has 1 atom stereocenters. The molecule has 0 aromatic heterocycles. The van der Waals surface area contributed by atoms with Crippen LogP contribution in [0.25, 0.3) is 0 Å². The van der Waals surface area contributed by atoms with E-state index in [1.165, 1.54) is 13.0 Å². The van der Waals surface area contributed by atoms with Crippen LogP contribution in [0, 0.1) is 5.92 Å². The van der Waals surface area contributed by atoms with E-state index in [0.717, 1.165) is 13.0 Å². The van der Waals surface area contributed by atoms with Gasteiger partial charge in [0.25, 0.3) is 0 Å². The predicted molar refractivity (Wildman–Crippen MR) is 54.7 cm³/mol. The van der Waals surface area contributed by atoms with Gasteiger partial charge in [0.1, 0.15) is 5.78 Å². The van der Waals surface area contributed by atoms with E-state index in [1.54, 1.807) is 0 Å². The number of carbonyl (C=O) groups is 1. The maximum Gasteiger partial charge on any atom is 0.136 e. The summed E-state index contributed by atoms with van der Waals surface area (Å²) in [5.41, 5.74) is 0. The molecule has 1 aliphatic rings. The van der Waals surface area contributed by atoms with E-state index in [0.29, 0.717) is 24.2 Å². The van der Waals surface area contributed by atoms with Crippen molar-refractivity contribution in [3.05, 3.63) is 0 Å². The molecule has 0 bridgehead atoms. The molecule has 0 unspecified atom stereocenters. The zero-order chi connectivity index (χ0) is 9.84. The molecule has 0 spiro atoms. The molecule has 0 saturated carbocycles. The third-order valence-corrected chi connectivity index (χ3v) is 2.99. The Bertz CT molecular complexity index is 177. The molecule has 13 heavy (non-hydrogen) atoms. The summed E-state index contributed by atoms with van der Waals surface area (Å²) < 4.78 is 0. The van der Waals surface area contributed by atoms with E-state index in [4.69, 9.17) is 0 Å². The van der Waals surface area contributed by atoms with Crippen LogP contribution < -0.4 is 0 Å². The first kappa shape index (κ1) is 10.7. The monoisotopic (exact) mass is 183 g/mol. The van der Waals surface area contributed by atoms with Crippen LogP contribution in [0.2, 0.25) is 0 Å². The number of carbonyl (C=O) groups excluding carboxylic acids is 1. The molecule has 2 heteroatoms. The second-order valence-electron chi connectivity index (χ2n) is 4.25. The lowest BCUT2D eigenvalue weighted by Gasteiger charge is -2.34. The van der Waals surface area contributed by atoms with E-state index >= 15 is 0 Å². The number of rotatable bonds is 3. The molecular weight excluding hydrogens is 162 g/mol. The van der Waals surface area contributed by atoms with Gasteiger partial charge in [0.2, 0.25) is 0 Å². The smallest absolute Gasteiger partial charge is 0.136 e. The molecule has 0 aliphatic carbocycles. The van der Waals surface area contributed by atoms with E-state index in [2.05, 4.69) is 18.7 Å². The lowest BCUT2D eigenvalue weighted by Crippen LogP contribution is -2.42. The Balaban J connectivity index is 2.46. The summed E-state index contributed by atoms with van der Waals surface area (Å²) in [5.74, 6) is 0.770. The second kappa shape index (κ2) is 4.75. The minimum absolute atomic E-state index is 0.321. The molecule has 1 rings (SSSR count). The Labute approximate surface area is 81.3 Å². The number of nitrogens with zero attached hydrogens (tertiary/aromatic N) is 1. The van der Waals surface area contributed by atoms with Gasteiger partial charge in [0, 0.05) is 24.9 Å². The Morgan fingerprint density at radius 3 is 2.77 bits per heavy atom. The molecule has 0 aromatic rings. The van der Waals surface area contributed by atoms with Crippen molar-refractivity contribution in [2.75, 3.05) is 13.1 Å². The summed E-state index contributed by atoms with van der Waals surface area (Å²) >= 11 is 0. The summed E-state index contributed by atoms with van der Waals surface area (Å²) in [6.07, 6.45) is 3.00. The number of piperidine rings is 1. The second-order valence-corrected chi connectivity index (χ2v) is 4.25. The molecule has 76 valence electrons. The molecule has 1 aliphatic heterocycles. The van der Waals surface area contributed by atoms with Crippen molar-refractivity contribution in [2.24, 2.45) is 5.92 Å². The lowest BCUT2D eigenvalue weighted by molar-refractivity contribution is -0.124. The van der Waals surface area contributed by atoms with Crippen molar-refractivity contribution in [3.63, 3.8) is 0 Å². The highest BCUT2D eigenvalue weighted by atomic mass is 16.1. The first-order valence-corrected chi connectivity index (χ1v) is 5.42. The molecular formula is C11H21NO. The minimum atomic E-state index is 0.321. The highest BCUT2D eigenvalue weighted by Crippen LogP contribution is 2.19. The van der Waals surface area contributed by atoms with Crippen molar-refractivity contribution in [2.45, 2.75) is 46.1 Å². The third kappa shape index (κ3) is 2.80. The molecule has 1 fully saturated rings. The summed E-state index contributed by atoms with van der Waals surface area (Å²) in [5, 5.41) is 0. The van der Waals surface area contributed by atoms with E-state index in [1.807, 2.05) is 6.92 Å². The van der Waals surface area contributed by atoms with Gasteiger partial charge < -0.3 is 4.90 Å². The molecule has 0 N–H and O–H groups in total. The Morgan fingerprint density at radius 2 is 2.23 bits per heavy atom. The Kier molecular flexibility index (Phi) is 3.91. The van der Waals surface area contributed by atoms with Crippen LogP contribution >= 0.6 is 0 Å².